The lowest BCUT2D eigenvalue weighted by molar-refractivity contribution is -0.122. The van der Waals surface area contributed by atoms with Crippen LogP contribution in [0.5, 0.6) is 5.75 Å². The molecule has 25 heavy (non-hydrogen) atoms. The predicted octanol–water partition coefficient (Wildman–Crippen LogP) is 3.38. The molecular formula is C19H22N2O3S. The third kappa shape index (κ3) is 4.02. The van der Waals surface area contributed by atoms with E-state index in [-0.39, 0.29) is 30.9 Å². The lowest BCUT2D eigenvalue weighted by Crippen LogP contribution is -2.41. The van der Waals surface area contributed by atoms with E-state index in [1.807, 2.05) is 41.8 Å². The molecule has 1 N–H and O–H groups in total. The molecule has 1 aliphatic rings. The van der Waals surface area contributed by atoms with Crippen LogP contribution in [0.3, 0.4) is 0 Å². The molecule has 2 heterocycles. The number of amides is 2. The van der Waals surface area contributed by atoms with Crippen molar-refractivity contribution >= 4 is 28.8 Å². The number of nitrogens with zero attached hydrogens (tertiary/aromatic N) is 1. The van der Waals surface area contributed by atoms with E-state index in [0.717, 1.165) is 10.6 Å². The average molecular weight is 358 g/mol. The number of carbonyl (C=O) groups is 2. The molecule has 2 aromatic rings. The summed E-state index contributed by atoms with van der Waals surface area (Å²) in [4.78, 5) is 27.4. The fourth-order valence-electron chi connectivity index (χ4n) is 2.89. The summed E-state index contributed by atoms with van der Waals surface area (Å²) in [6, 6.07) is 11.4. The number of rotatable bonds is 6. The second-order valence-electron chi connectivity index (χ2n) is 6.36. The summed E-state index contributed by atoms with van der Waals surface area (Å²) in [5.74, 6) is 0.809. The Bertz CT molecular complexity index is 743. The van der Waals surface area contributed by atoms with Gasteiger partial charge in [0.15, 0.2) is 6.61 Å². The van der Waals surface area contributed by atoms with Gasteiger partial charge in [0.1, 0.15) is 5.75 Å². The third-order valence-corrected chi connectivity index (χ3v) is 5.16. The first-order valence-electron chi connectivity index (χ1n) is 8.41. The van der Waals surface area contributed by atoms with Crippen molar-refractivity contribution < 1.29 is 14.3 Å². The largest absolute Gasteiger partial charge is 0.482 e. The number of benzene rings is 1. The highest BCUT2D eigenvalue weighted by atomic mass is 32.1. The SMILES string of the molecule is CC(C)[C@H](NC(=O)CCN1C(=O)COc2ccccc21)c1cccs1. The Balaban J connectivity index is 1.63. The Hall–Kier alpha value is -2.34. The molecule has 1 aromatic carbocycles. The molecule has 1 aromatic heterocycles. The number of nitrogens with one attached hydrogen (secondary N) is 1. The number of fused-ring (bicyclic) bond motifs is 1. The van der Waals surface area contributed by atoms with Gasteiger partial charge in [0.25, 0.3) is 5.91 Å². The van der Waals surface area contributed by atoms with Gasteiger partial charge in [-0.05, 0) is 29.5 Å². The van der Waals surface area contributed by atoms with Crippen LogP contribution in [0.2, 0.25) is 0 Å². The van der Waals surface area contributed by atoms with E-state index < -0.39 is 0 Å². The van der Waals surface area contributed by atoms with Crippen molar-refractivity contribution in [3.05, 3.63) is 46.7 Å². The topological polar surface area (TPSA) is 58.6 Å². The zero-order valence-corrected chi connectivity index (χ0v) is 15.2. The van der Waals surface area contributed by atoms with Crippen molar-refractivity contribution in [1.82, 2.24) is 5.32 Å². The average Bonchev–Trinajstić information content (AvgIpc) is 3.12. The van der Waals surface area contributed by atoms with Crippen molar-refractivity contribution in [3.63, 3.8) is 0 Å². The molecule has 3 rings (SSSR count). The molecule has 132 valence electrons. The first kappa shape index (κ1) is 17.5. The second-order valence-corrected chi connectivity index (χ2v) is 7.34. The highest BCUT2D eigenvalue weighted by Crippen LogP contribution is 2.31. The summed E-state index contributed by atoms with van der Waals surface area (Å²) in [5, 5.41) is 5.11. The zero-order valence-electron chi connectivity index (χ0n) is 14.4. The fourth-order valence-corrected chi connectivity index (χ4v) is 3.84. The van der Waals surface area contributed by atoms with Crippen molar-refractivity contribution in [2.45, 2.75) is 26.3 Å². The molecule has 0 fully saturated rings. The normalized spacial score (nSPS) is 14.8. The summed E-state index contributed by atoms with van der Waals surface area (Å²) < 4.78 is 5.43. The molecule has 0 saturated heterocycles. The van der Waals surface area contributed by atoms with Gasteiger partial charge in [0, 0.05) is 17.8 Å². The minimum absolute atomic E-state index is 0.000164. The maximum atomic E-state index is 12.4. The van der Waals surface area contributed by atoms with Gasteiger partial charge >= 0.3 is 0 Å². The molecule has 0 unspecified atom stereocenters. The van der Waals surface area contributed by atoms with Gasteiger partial charge in [-0.1, -0.05) is 32.0 Å². The molecule has 2 amide bonds. The molecule has 0 radical (unpaired) electrons. The minimum atomic E-state index is -0.120. The molecule has 1 aliphatic heterocycles. The van der Waals surface area contributed by atoms with Crippen LogP contribution in [-0.2, 0) is 9.59 Å². The fraction of sp³-hybridized carbons (Fsp3) is 0.368. The van der Waals surface area contributed by atoms with E-state index in [0.29, 0.717) is 18.2 Å². The summed E-state index contributed by atoms with van der Waals surface area (Å²) >= 11 is 1.64. The number of ether oxygens (including phenoxy) is 1. The van der Waals surface area contributed by atoms with Gasteiger partial charge in [-0.15, -0.1) is 11.3 Å². The van der Waals surface area contributed by atoms with Crippen LogP contribution in [0.25, 0.3) is 0 Å². The zero-order chi connectivity index (χ0) is 17.8. The predicted molar refractivity (Wildman–Crippen MR) is 98.9 cm³/mol. The van der Waals surface area contributed by atoms with Crippen LogP contribution in [0.4, 0.5) is 5.69 Å². The third-order valence-electron chi connectivity index (χ3n) is 4.20. The monoisotopic (exact) mass is 358 g/mol. The van der Waals surface area contributed by atoms with Crippen LogP contribution < -0.4 is 15.0 Å². The van der Waals surface area contributed by atoms with Gasteiger partial charge in [-0.2, -0.15) is 0 Å². The van der Waals surface area contributed by atoms with Gasteiger partial charge < -0.3 is 15.0 Å². The molecular weight excluding hydrogens is 336 g/mol. The molecule has 0 saturated carbocycles. The van der Waals surface area contributed by atoms with Gasteiger partial charge in [0.05, 0.1) is 11.7 Å². The smallest absolute Gasteiger partial charge is 0.265 e. The quantitative estimate of drug-likeness (QED) is 0.861. The number of thiophene rings is 1. The first-order valence-corrected chi connectivity index (χ1v) is 9.29. The number of para-hydroxylation sites is 2. The Kier molecular flexibility index (Phi) is 5.38. The van der Waals surface area contributed by atoms with Crippen molar-refractivity contribution in [3.8, 4) is 5.75 Å². The Morgan fingerprint density at radius 3 is 2.80 bits per heavy atom. The van der Waals surface area contributed by atoms with Crippen LogP contribution >= 0.6 is 11.3 Å². The lowest BCUT2D eigenvalue weighted by atomic mass is 10.0. The number of carbonyl (C=O) groups excluding carboxylic acids is 2. The molecule has 6 heteroatoms. The summed E-state index contributed by atoms with van der Waals surface area (Å²) in [6.45, 7) is 4.54. The van der Waals surface area contributed by atoms with Crippen LogP contribution in [-0.4, -0.2) is 25.0 Å². The Morgan fingerprint density at radius 1 is 1.28 bits per heavy atom. The van der Waals surface area contributed by atoms with Crippen molar-refractivity contribution in [2.75, 3.05) is 18.1 Å². The van der Waals surface area contributed by atoms with Crippen LogP contribution in [0, 0.1) is 5.92 Å². The van der Waals surface area contributed by atoms with E-state index in [4.69, 9.17) is 4.74 Å². The van der Waals surface area contributed by atoms with Crippen molar-refractivity contribution in [2.24, 2.45) is 5.92 Å². The minimum Gasteiger partial charge on any atom is -0.482 e. The van der Waals surface area contributed by atoms with Crippen molar-refractivity contribution in [1.29, 1.82) is 0 Å². The summed E-state index contributed by atoms with van der Waals surface area (Å²) in [5.41, 5.74) is 0.727. The highest BCUT2D eigenvalue weighted by Gasteiger charge is 2.26. The maximum Gasteiger partial charge on any atom is 0.265 e. The van der Waals surface area contributed by atoms with Crippen LogP contribution in [0.15, 0.2) is 41.8 Å². The molecule has 0 spiro atoms. The summed E-state index contributed by atoms with van der Waals surface area (Å²) in [6.07, 6.45) is 0.259. The van der Waals surface area contributed by atoms with E-state index in [1.54, 1.807) is 16.2 Å². The van der Waals surface area contributed by atoms with E-state index in [9.17, 15) is 9.59 Å². The van der Waals surface area contributed by atoms with Gasteiger partial charge in [-0.25, -0.2) is 0 Å². The molecule has 0 aliphatic carbocycles. The number of hydrogen-bond acceptors (Lipinski definition) is 4. The first-order chi connectivity index (χ1) is 12.1. The number of hydrogen-bond donors (Lipinski definition) is 1. The highest BCUT2D eigenvalue weighted by molar-refractivity contribution is 7.10. The van der Waals surface area contributed by atoms with E-state index >= 15 is 0 Å². The van der Waals surface area contributed by atoms with E-state index in [2.05, 4.69) is 19.2 Å². The second kappa shape index (κ2) is 7.70. The Labute approximate surface area is 151 Å². The summed E-state index contributed by atoms with van der Waals surface area (Å²) in [7, 11) is 0. The molecule has 5 nitrogen and oxygen atoms in total. The Morgan fingerprint density at radius 2 is 2.08 bits per heavy atom. The maximum absolute atomic E-state index is 12.4. The lowest BCUT2D eigenvalue weighted by Gasteiger charge is -2.29. The molecule has 0 bridgehead atoms. The van der Waals surface area contributed by atoms with Crippen LogP contribution in [0.1, 0.15) is 31.2 Å². The van der Waals surface area contributed by atoms with Gasteiger partial charge in [0.2, 0.25) is 5.91 Å². The standard InChI is InChI=1S/C19H22N2O3S/c1-13(2)19(16-8-5-11-25-16)20-17(22)9-10-21-14-6-3-4-7-15(14)24-12-18(21)23/h3-8,11,13,19H,9-10,12H2,1-2H3,(H,20,22)/t19-/m0/s1. The van der Waals surface area contributed by atoms with E-state index in [1.165, 1.54) is 0 Å². The number of anilines is 1. The van der Waals surface area contributed by atoms with Gasteiger partial charge in [-0.3, -0.25) is 9.59 Å². The molecule has 1 atom stereocenters.